The van der Waals surface area contributed by atoms with Crippen molar-refractivity contribution in [1.29, 1.82) is 0 Å². The van der Waals surface area contributed by atoms with Crippen molar-refractivity contribution in [3.63, 3.8) is 0 Å². The fourth-order valence-corrected chi connectivity index (χ4v) is 2.24. The normalized spacial score (nSPS) is 10.7. The number of rotatable bonds is 2. The van der Waals surface area contributed by atoms with E-state index in [9.17, 15) is 4.79 Å². The van der Waals surface area contributed by atoms with Crippen molar-refractivity contribution in [3.05, 3.63) is 39.6 Å². The number of aryl methyl sites for hydroxylation is 1. The van der Waals surface area contributed by atoms with E-state index >= 15 is 0 Å². The lowest BCUT2D eigenvalue weighted by atomic mass is 10.1. The van der Waals surface area contributed by atoms with Crippen molar-refractivity contribution in [2.45, 2.75) is 13.8 Å². The van der Waals surface area contributed by atoms with Gasteiger partial charge in [-0.1, -0.05) is 0 Å². The molecule has 0 atom stereocenters. The van der Waals surface area contributed by atoms with E-state index in [0.29, 0.717) is 11.3 Å². The summed E-state index contributed by atoms with van der Waals surface area (Å²) in [6, 6.07) is 5.26. The molecule has 0 bridgehead atoms. The fourth-order valence-electron chi connectivity index (χ4n) is 2.00. The Morgan fingerprint density at radius 1 is 1.35 bits per heavy atom. The molecule has 20 heavy (non-hydrogen) atoms. The smallest absolute Gasteiger partial charge is 0.253 e. The van der Waals surface area contributed by atoms with Crippen LogP contribution in [0.15, 0.2) is 22.7 Å². The van der Waals surface area contributed by atoms with E-state index < -0.39 is 0 Å². The Morgan fingerprint density at radius 2 is 2.00 bits per heavy atom. The fraction of sp³-hybridized carbons (Fsp3) is 0.286. The molecule has 0 aliphatic carbocycles. The van der Waals surface area contributed by atoms with E-state index in [0.717, 1.165) is 21.5 Å². The van der Waals surface area contributed by atoms with Crippen LogP contribution in [0.2, 0.25) is 0 Å². The Kier molecular flexibility index (Phi) is 3.85. The third-order valence-corrected chi connectivity index (χ3v) is 4.26. The SMILES string of the molecule is Cc1nn(-c2ccc(C(=O)N(C)C)cc2N)c(C)c1Br. The summed E-state index contributed by atoms with van der Waals surface area (Å²) >= 11 is 3.49. The van der Waals surface area contributed by atoms with Gasteiger partial charge in [0.2, 0.25) is 0 Å². The number of benzene rings is 1. The van der Waals surface area contributed by atoms with Gasteiger partial charge in [0.25, 0.3) is 5.91 Å². The molecule has 0 spiro atoms. The summed E-state index contributed by atoms with van der Waals surface area (Å²) in [5.74, 6) is -0.0715. The van der Waals surface area contributed by atoms with Crippen LogP contribution in [-0.2, 0) is 0 Å². The van der Waals surface area contributed by atoms with E-state index in [1.54, 1.807) is 30.9 Å². The van der Waals surface area contributed by atoms with Gasteiger partial charge in [-0.05, 0) is 48.0 Å². The predicted molar refractivity (Wildman–Crippen MR) is 83.2 cm³/mol. The molecule has 5 nitrogen and oxygen atoms in total. The molecule has 2 rings (SSSR count). The quantitative estimate of drug-likeness (QED) is 0.857. The van der Waals surface area contributed by atoms with Crippen LogP contribution in [0.1, 0.15) is 21.7 Å². The molecule has 0 aliphatic heterocycles. The molecule has 6 heteroatoms. The van der Waals surface area contributed by atoms with E-state index in [4.69, 9.17) is 5.73 Å². The highest BCUT2D eigenvalue weighted by Gasteiger charge is 2.15. The monoisotopic (exact) mass is 336 g/mol. The number of halogens is 1. The summed E-state index contributed by atoms with van der Waals surface area (Å²) in [4.78, 5) is 13.4. The minimum Gasteiger partial charge on any atom is -0.397 e. The molecular weight excluding hydrogens is 320 g/mol. The molecule has 1 heterocycles. The first-order valence-electron chi connectivity index (χ1n) is 6.16. The summed E-state index contributed by atoms with van der Waals surface area (Å²) < 4.78 is 2.74. The molecule has 0 radical (unpaired) electrons. The number of nitrogen functional groups attached to an aromatic ring is 1. The molecule has 2 N–H and O–H groups in total. The van der Waals surface area contributed by atoms with Crippen LogP contribution >= 0.6 is 15.9 Å². The number of carbonyl (C=O) groups is 1. The maximum Gasteiger partial charge on any atom is 0.253 e. The van der Waals surface area contributed by atoms with Crippen molar-refractivity contribution < 1.29 is 4.79 Å². The molecule has 0 aliphatic rings. The highest BCUT2D eigenvalue weighted by atomic mass is 79.9. The second-order valence-corrected chi connectivity index (χ2v) is 5.66. The molecule has 0 fully saturated rings. The summed E-state index contributed by atoms with van der Waals surface area (Å²) in [7, 11) is 3.43. The first-order chi connectivity index (χ1) is 9.32. The van der Waals surface area contributed by atoms with Crippen LogP contribution in [-0.4, -0.2) is 34.7 Å². The van der Waals surface area contributed by atoms with Crippen molar-refractivity contribution in [2.75, 3.05) is 19.8 Å². The molecule has 2 aromatic rings. The highest BCUT2D eigenvalue weighted by molar-refractivity contribution is 9.10. The van der Waals surface area contributed by atoms with Crippen molar-refractivity contribution in [2.24, 2.45) is 0 Å². The van der Waals surface area contributed by atoms with Gasteiger partial charge in [0.1, 0.15) is 0 Å². The molecular formula is C14H17BrN4O. The summed E-state index contributed by atoms with van der Waals surface area (Å²) in [5, 5.41) is 4.44. The lowest BCUT2D eigenvalue weighted by Crippen LogP contribution is -2.21. The number of aromatic nitrogens is 2. The number of anilines is 1. The molecule has 0 unspecified atom stereocenters. The Hall–Kier alpha value is -1.82. The summed E-state index contributed by atoms with van der Waals surface area (Å²) in [5.41, 5.74) is 9.80. The van der Waals surface area contributed by atoms with Gasteiger partial charge in [0.15, 0.2) is 0 Å². The first-order valence-corrected chi connectivity index (χ1v) is 6.95. The minimum atomic E-state index is -0.0715. The molecule has 0 saturated heterocycles. The zero-order valence-electron chi connectivity index (χ0n) is 11.9. The number of hydrogen-bond acceptors (Lipinski definition) is 3. The average Bonchev–Trinajstić information content (AvgIpc) is 2.65. The van der Waals surface area contributed by atoms with Gasteiger partial charge in [0.05, 0.1) is 27.2 Å². The van der Waals surface area contributed by atoms with E-state index in [2.05, 4.69) is 21.0 Å². The largest absolute Gasteiger partial charge is 0.397 e. The van der Waals surface area contributed by atoms with E-state index in [-0.39, 0.29) is 5.91 Å². The lowest BCUT2D eigenvalue weighted by molar-refractivity contribution is 0.0827. The third kappa shape index (κ3) is 2.43. The van der Waals surface area contributed by atoms with Crippen LogP contribution < -0.4 is 5.73 Å². The number of nitrogens with zero attached hydrogens (tertiary/aromatic N) is 3. The molecule has 106 valence electrons. The number of carbonyl (C=O) groups excluding carboxylic acids is 1. The molecule has 1 aromatic carbocycles. The Balaban J connectivity index is 2.50. The van der Waals surface area contributed by atoms with Crippen molar-refractivity contribution in [3.8, 4) is 5.69 Å². The topological polar surface area (TPSA) is 64.2 Å². The van der Waals surface area contributed by atoms with Gasteiger partial charge in [-0.3, -0.25) is 4.79 Å². The molecule has 1 aromatic heterocycles. The maximum absolute atomic E-state index is 11.9. The highest BCUT2D eigenvalue weighted by Crippen LogP contribution is 2.26. The predicted octanol–water partition coefficient (Wildman–Crippen LogP) is 2.54. The van der Waals surface area contributed by atoms with Crippen LogP contribution in [0, 0.1) is 13.8 Å². The zero-order chi connectivity index (χ0) is 15.0. The second kappa shape index (κ2) is 5.28. The Bertz CT molecular complexity index is 676. The van der Waals surface area contributed by atoms with E-state index in [1.807, 2.05) is 19.9 Å². The van der Waals surface area contributed by atoms with Crippen LogP contribution in [0.25, 0.3) is 5.69 Å². The van der Waals surface area contributed by atoms with Crippen molar-refractivity contribution >= 4 is 27.5 Å². The zero-order valence-corrected chi connectivity index (χ0v) is 13.5. The number of hydrogen-bond donors (Lipinski definition) is 1. The van der Waals surface area contributed by atoms with Gasteiger partial charge in [-0.15, -0.1) is 0 Å². The van der Waals surface area contributed by atoms with Gasteiger partial charge in [0, 0.05) is 19.7 Å². The van der Waals surface area contributed by atoms with Crippen LogP contribution in [0.3, 0.4) is 0 Å². The summed E-state index contributed by atoms with van der Waals surface area (Å²) in [6.45, 7) is 3.89. The second-order valence-electron chi connectivity index (χ2n) is 4.87. The Morgan fingerprint density at radius 3 is 2.45 bits per heavy atom. The number of amides is 1. The molecule has 0 saturated carbocycles. The van der Waals surface area contributed by atoms with Gasteiger partial charge in [-0.2, -0.15) is 5.10 Å². The summed E-state index contributed by atoms with van der Waals surface area (Å²) in [6.07, 6.45) is 0. The number of nitrogens with two attached hydrogens (primary N) is 1. The van der Waals surface area contributed by atoms with Gasteiger partial charge >= 0.3 is 0 Å². The van der Waals surface area contributed by atoms with E-state index in [1.165, 1.54) is 4.90 Å². The first kappa shape index (κ1) is 14.6. The van der Waals surface area contributed by atoms with Gasteiger partial charge < -0.3 is 10.6 Å². The van der Waals surface area contributed by atoms with Crippen LogP contribution in [0.5, 0.6) is 0 Å². The average molecular weight is 337 g/mol. The van der Waals surface area contributed by atoms with Crippen LogP contribution in [0.4, 0.5) is 5.69 Å². The Labute approximate surface area is 126 Å². The minimum absolute atomic E-state index is 0.0715. The van der Waals surface area contributed by atoms with Crippen molar-refractivity contribution in [1.82, 2.24) is 14.7 Å². The van der Waals surface area contributed by atoms with Gasteiger partial charge in [-0.25, -0.2) is 4.68 Å². The maximum atomic E-state index is 11.9. The lowest BCUT2D eigenvalue weighted by Gasteiger charge is -2.13. The molecule has 1 amide bonds. The third-order valence-electron chi connectivity index (χ3n) is 3.11. The standard InChI is InChI=1S/C14H17BrN4O/c1-8-13(15)9(2)19(17-8)12-6-5-10(7-11(12)16)14(20)18(3)4/h5-7H,16H2,1-4H3.